The number of aryl methyl sites for hydroxylation is 2. The standard InChI is InChI=1S/C15H20N4OS/c1-4-10-5-12(20)19(6-10)7-11-17-14(16)13-8(2)9(3)21-15(13)18-11/h10H,4-7H2,1-3H3,(H2,16,17,18). The number of nitrogen functional groups attached to an aromatic ring is 1. The fraction of sp³-hybridized carbons (Fsp3) is 0.533. The topological polar surface area (TPSA) is 72.1 Å². The van der Waals surface area contributed by atoms with Gasteiger partial charge in [-0.2, -0.15) is 0 Å². The molecule has 0 aromatic carbocycles. The largest absolute Gasteiger partial charge is 0.383 e. The number of hydrogen-bond acceptors (Lipinski definition) is 5. The summed E-state index contributed by atoms with van der Waals surface area (Å²) in [5.74, 6) is 1.83. The zero-order valence-electron chi connectivity index (χ0n) is 12.6. The summed E-state index contributed by atoms with van der Waals surface area (Å²) in [6, 6.07) is 0. The van der Waals surface area contributed by atoms with Crippen molar-refractivity contribution in [3.8, 4) is 0 Å². The molecule has 3 heterocycles. The van der Waals surface area contributed by atoms with Crippen molar-refractivity contribution in [1.82, 2.24) is 14.9 Å². The Labute approximate surface area is 128 Å². The van der Waals surface area contributed by atoms with Crippen LogP contribution in [0.4, 0.5) is 5.82 Å². The van der Waals surface area contributed by atoms with E-state index in [0.29, 0.717) is 30.5 Å². The van der Waals surface area contributed by atoms with E-state index in [9.17, 15) is 4.79 Å². The minimum absolute atomic E-state index is 0.197. The molecule has 2 aromatic rings. The van der Waals surface area contributed by atoms with Crippen molar-refractivity contribution < 1.29 is 4.79 Å². The summed E-state index contributed by atoms with van der Waals surface area (Å²) < 4.78 is 0. The van der Waals surface area contributed by atoms with Gasteiger partial charge in [-0.3, -0.25) is 4.79 Å². The van der Waals surface area contributed by atoms with Gasteiger partial charge in [0.1, 0.15) is 10.6 Å². The first kappa shape index (κ1) is 14.3. The van der Waals surface area contributed by atoms with E-state index in [4.69, 9.17) is 5.73 Å². The van der Waals surface area contributed by atoms with Gasteiger partial charge in [0.2, 0.25) is 5.91 Å². The Morgan fingerprint density at radius 3 is 2.81 bits per heavy atom. The smallest absolute Gasteiger partial charge is 0.223 e. The van der Waals surface area contributed by atoms with Crippen LogP contribution in [0.25, 0.3) is 10.2 Å². The summed E-state index contributed by atoms with van der Waals surface area (Å²) in [5.41, 5.74) is 7.24. The second kappa shape index (κ2) is 5.26. The average molecular weight is 304 g/mol. The highest BCUT2D eigenvalue weighted by Gasteiger charge is 2.29. The van der Waals surface area contributed by atoms with Gasteiger partial charge in [-0.1, -0.05) is 13.3 Å². The first-order chi connectivity index (χ1) is 9.99. The van der Waals surface area contributed by atoms with Crippen molar-refractivity contribution >= 4 is 33.3 Å². The molecule has 0 bridgehead atoms. The van der Waals surface area contributed by atoms with Crippen LogP contribution in [0.1, 0.15) is 36.0 Å². The maximum absolute atomic E-state index is 12.0. The SMILES string of the molecule is CCC1CC(=O)N(Cc2nc(N)c3c(C)c(C)sc3n2)C1. The van der Waals surface area contributed by atoms with Gasteiger partial charge in [-0.25, -0.2) is 9.97 Å². The third-order valence-corrected chi connectivity index (χ3v) is 5.41. The minimum Gasteiger partial charge on any atom is -0.383 e. The Bertz CT molecular complexity index is 709. The summed E-state index contributed by atoms with van der Waals surface area (Å²) in [4.78, 5) is 25.0. The molecule has 2 N–H and O–H groups in total. The number of carbonyl (C=O) groups is 1. The quantitative estimate of drug-likeness (QED) is 0.946. The number of carbonyl (C=O) groups excluding carboxylic acids is 1. The summed E-state index contributed by atoms with van der Waals surface area (Å²) in [6.07, 6.45) is 1.68. The molecule has 3 rings (SSSR count). The van der Waals surface area contributed by atoms with Crippen molar-refractivity contribution in [2.75, 3.05) is 12.3 Å². The number of hydrogen-bond donors (Lipinski definition) is 1. The Morgan fingerprint density at radius 2 is 2.14 bits per heavy atom. The van der Waals surface area contributed by atoms with E-state index in [1.807, 2.05) is 11.8 Å². The molecule has 112 valence electrons. The Hall–Kier alpha value is -1.69. The minimum atomic E-state index is 0.197. The number of aromatic nitrogens is 2. The summed E-state index contributed by atoms with van der Waals surface area (Å²) in [5, 5.41) is 0.959. The molecule has 1 fully saturated rings. The molecule has 5 nitrogen and oxygen atoms in total. The molecule has 0 aliphatic carbocycles. The van der Waals surface area contributed by atoms with E-state index in [1.165, 1.54) is 4.88 Å². The van der Waals surface area contributed by atoms with E-state index in [-0.39, 0.29) is 5.91 Å². The number of fused-ring (bicyclic) bond motifs is 1. The highest BCUT2D eigenvalue weighted by molar-refractivity contribution is 7.18. The highest BCUT2D eigenvalue weighted by atomic mass is 32.1. The zero-order chi connectivity index (χ0) is 15.1. The molecule has 0 spiro atoms. The lowest BCUT2D eigenvalue weighted by molar-refractivity contribution is -0.128. The maximum Gasteiger partial charge on any atom is 0.223 e. The highest BCUT2D eigenvalue weighted by Crippen LogP contribution is 2.32. The van der Waals surface area contributed by atoms with Crippen LogP contribution in [0.5, 0.6) is 0 Å². The van der Waals surface area contributed by atoms with E-state index in [1.54, 1.807) is 11.3 Å². The van der Waals surface area contributed by atoms with E-state index >= 15 is 0 Å². The van der Waals surface area contributed by atoms with Crippen LogP contribution in [-0.4, -0.2) is 27.3 Å². The van der Waals surface area contributed by atoms with E-state index in [0.717, 1.165) is 28.7 Å². The molecule has 1 atom stereocenters. The second-order valence-electron chi connectivity index (χ2n) is 5.74. The predicted molar refractivity (Wildman–Crippen MR) is 85.1 cm³/mol. The van der Waals surface area contributed by atoms with Gasteiger partial charge in [-0.15, -0.1) is 11.3 Å². The number of rotatable bonds is 3. The molecule has 21 heavy (non-hydrogen) atoms. The number of nitrogens with zero attached hydrogens (tertiary/aromatic N) is 3. The average Bonchev–Trinajstić information content (AvgIpc) is 2.91. The first-order valence-electron chi connectivity index (χ1n) is 7.29. The molecule has 1 unspecified atom stereocenters. The fourth-order valence-electron chi connectivity index (χ4n) is 2.85. The molecule has 2 aromatic heterocycles. The summed E-state index contributed by atoms with van der Waals surface area (Å²) >= 11 is 1.64. The van der Waals surface area contributed by atoms with Crippen molar-refractivity contribution in [2.45, 2.75) is 40.2 Å². The number of nitrogens with two attached hydrogens (primary N) is 1. The van der Waals surface area contributed by atoms with Gasteiger partial charge >= 0.3 is 0 Å². The van der Waals surface area contributed by atoms with Crippen LogP contribution in [0.3, 0.4) is 0 Å². The second-order valence-corrected chi connectivity index (χ2v) is 6.94. The molecule has 6 heteroatoms. The molecule has 0 radical (unpaired) electrons. The van der Waals surface area contributed by atoms with Crippen LogP contribution < -0.4 is 5.73 Å². The number of thiophene rings is 1. The third kappa shape index (κ3) is 2.48. The van der Waals surface area contributed by atoms with Gasteiger partial charge in [0.05, 0.1) is 11.9 Å². The number of amides is 1. The molecular weight excluding hydrogens is 284 g/mol. The lowest BCUT2D eigenvalue weighted by Gasteiger charge is -2.15. The number of likely N-dealkylation sites (tertiary alicyclic amines) is 1. The molecule has 1 amide bonds. The first-order valence-corrected chi connectivity index (χ1v) is 8.11. The van der Waals surface area contributed by atoms with Crippen LogP contribution in [0.15, 0.2) is 0 Å². The van der Waals surface area contributed by atoms with Crippen molar-refractivity contribution in [3.05, 3.63) is 16.3 Å². The van der Waals surface area contributed by atoms with E-state index in [2.05, 4.69) is 23.8 Å². The van der Waals surface area contributed by atoms with Crippen LogP contribution >= 0.6 is 11.3 Å². The maximum atomic E-state index is 12.0. The van der Waals surface area contributed by atoms with Crippen LogP contribution in [0.2, 0.25) is 0 Å². The van der Waals surface area contributed by atoms with Crippen molar-refractivity contribution in [2.24, 2.45) is 5.92 Å². The molecule has 1 saturated heterocycles. The normalized spacial score (nSPS) is 18.9. The van der Waals surface area contributed by atoms with Crippen molar-refractivity contribution in [3.63, 3.8) is 0 Å². The molecule has 0 saturated carbocycles. The lowest BCUT2D eigenvalue weighted by atomic mass is 10.1. The summed E-state index contributed by atoms with van der Waals surface area (Å²) in [7, 11) is 0. The van der Waals surface area contributed by atoms with E-state index < -0.39 is 0 Å². The Balaban J connectivity index is 1.90. The molecular formula is C15H20N4OS. The summed E-state index contributed by atoms with van der Waals surface area (Å²) in [6.45, 7) is 7.50. The molecule has 1 aliphatic rings. The Morgan fingerprint density at radius 1 is 1.38 bits per heavy atom. The number of anilines is 1. The van der Waals surface area contributed by atoms with Gasteiger partial charge < -0.3 is 10.6 Å². The van der Waals surface area contributed by atoms with Crippen LogP contribution in [0, 0.1) is 19.8 Å². The van der Waals surface area contributed by atoms with Gasteiger partial charge in [0.25, 0.3) is 0 Å². The third-order valence-electron chi connectivity index (χ3n) is 4.31. The lowest BCUT2D eigenvalue weighted by Crippen LogP contribution is -2.25. The predicted octanol–water partition coefficient (Wildman–Crippen LogP) is 2.65. The Kier molecular flexibility index (Phi) is 3.57. The van der Waals surface area contributed by atoms with Crippen LogP contribution in [-0.2, 0) is 11.3 Å². The van der Waals surface area contributed by atoms with Gasteiger partial charge in [0.15, 0.2) is 5.82 Å². The fourth-order valence-corrected chi connectivity index (χ4v) is 3.90. The zero-order valence-corrected chi connectivity index (χ0v) is 13.5. The van der Waals surface area contributed by atoms with Gasteiger partial charge in [0, 0.05) is 17.8 Å². The van der Waals surface area contributed by atoms with Crippen molar-refractivity contribution in [1.29, 1.82) is 0 Å². The van der Waals surface area contributed by atoms with Gasteiger partial charge in [-0.05, 0) is 25.3 Å². The molecule has 1 aliphatic heterocycles. The monoisotopic (exact) mass is 304 g/mol.